The Labute approximate surface area is 111 Å². The van der Waals surface area contributed by atoms with Crippen molar-refractivity contribution >= 4 is 17.6 Å². The molecule has 1 amide bonds. The van der Waals surface area contributed by atoms with Gasteiger partial charge in [0.25, 0.3) is 0 Å². The predicted octanol–water partition coefficient (Wildman–Crippen LogP) is 3.50. The second-order valence-electron chi connectivity index (χ2n) is 3.96. The zero-order chi connectivity index (χ0) is 13.7. The molecule has 2 rings (SSSR count). The van der Waals surface area contributed by atoms with Gasteiger partial charge in [-0.1, -0.05) is 18.2 Å². The van der Waals surface area contributed by atoms with E-state index in [1.54, 1.807) is 36.4 Å². The summed E-state index contributed by atoms with van der Waals surface area (Å²) >= 11 is 0. The molecule has 19 heavy (non-hydrogen) atoms. The molecule has 0 aliphatic rings. The van der Waals surface area contributed by atoms with Gasteiger partial charge in [0.15, 0.2) is 5.78 Å². The summed E-state index contributed by atoms with van der Waals surface area (Å²) in [4.78, 5) is 22.7. The first-order chi connectivity index (χ1) is 9.15. The SMILES string of the molecule is CC(=O)c1ccc(OC(=O)Nc2ccccc2)cc1. The summed E-state index contributed by atoms with van der Waals surface area (Å²) in [6.07, 6.45) is -0.568. The molecule has 2 aromatic rings. The van der Waals surface area contributed by atoms with Crippen LogP contribution in [0.1, 0.15) is 17.3 Å². The fraction of sp³-hybridized carbons (Fsp3) is 0.0667. The van der Waals surface area contributed by atoms with E-state index in [0.717, 1.165) is 0 Å². The molecule has 4 heteroatoms. The zero-order valence-corrected chi connectivity index (χ0v) is 10.4. The van der Waals surface area contributed by atoms with E-state index in [1.165, 1.54) is 6.92 Å². The van der Waals surface area contributed by atoms with Crippen LogP contribution in [0.5, 0.6) is 5.75 Å². The van der Waals surface area contributed by atoms with E-state index in [2.05, 4.69) is 5.32 Å². The van der Waals surface area contributed by atoms with Crippen LogP contribution in [0.3, 0.4) is 0 Å². The molecule has 0 aliphatic heterocycles. The Kier molecular flexibility index (Phi) is 3.93. The van der Waals surface area contributed by atoms with E-state index < -0.39 is 6.09 Å². The molecule has 0 spiro atoms. The number of ether oxygens (including phenoxy) is 1. The minimum absolute atomic E-state index is 0.0275. The maximum atomic E-state index is 11.6. The molecular formula is C15H13NO3. The lowest BCUT2D eigenvalue weighted by molar-refractivity contribution is 0.101. The van der Waals surface area contributed by atoms with Crippen LogP contribution in [0.4, 0.5) is 10.5 Å². The van der Waals surface area contributed by atoms with Crippen LogP contribution in [0.2, 0.25) is 0 Å². The number of ketones is 1. The number of nitrogens with one attached hydrogen (secondary N) is 1. The van der Waals surface area contributed by atoms with Crippen molar-refractivity contribution in [3.8, 4) is 5.75 Å². The molecule has 2 aromatic carbocycles. The topological polar surface area (TPSA) is 55.4 Å². The molecule has 96 valence electrons. The minimum atomic E-state index is -0.568. The molecule has 4 nitrogen and oxygen atoms in total. The van der Waals surface area contributed by atoms with Gasteiger partial charge in [-0.05, 0) is 43.3 Å². The first-order valence-electron chi connectivity index (χ1n) is 5.80. The van der Waals surface area contributed by atoms with Gasteiger partial charge in [-0.3, -0.25) is 10.1 Å². The first kappa shape index (κ1) is 12.8. The Morgan fingerprint density at radius 1 is 0.947 bits per heavy atom. The highest BCUT2D eigenvalue weighted by atomic mass is 16.6. The number of rotatable bonds is 3. The Morgan fingerprint density at radius 3 is 2.16 bits per heavy atom. The highest BCUT2D eigenvalue weighted by molar-refractivity contribution is 5.94. The Morgan fingerprint density at radius 2 is 1.58 bits per heavy atom. The lowest BCUT2D eigenvalue weighted by Crippen LogP contribution is -2.16. The average Bonchev–Trinajstić information content (AvgIpc) is 2.40. The molecule has 0 heterocycles. The molecule has 0 saturated carbocycles. The van der Waals surface area contributed by atoms with E-state index >= 15 is 0 Å². The van der Waals surface area contributed by atoms with Crippen LogP contribution in [0.15, 0.2) is 54.6 Å². The number of amides is 1. The summed E-state index contributed by atoms with van der Waals surface area (Å²) in [5.74, 6) is 0.360. The highest BCUT2D eigenvalue weighted by Crippen LogP contribution is 2.14. The minimum Gasteiger partial charge on any atom is -0.410 e. The van der Waals surface area contributed by atoms with Crippen molar-refractivity contribution in [2.24, 2.45) is 0 Å². The monoisotopic (exact) mass is 255 g/mol. The van der Waals surface area contributed by atoms with E-state index in [1.807, 2.05) is 18.2 Å². The summed E-state index contributed by atoms with van der Waals surface area (Å²) in [7, 11) is 0. The number of benzene rings is 2. The van der Waals surface area contributed by atoms with Gasteiger partial charge in [0, 0.05) is 11.3 Å². The van der Waals surface area contributed by atoms with Crippen molar-refractivity contribution in [1.29, 1.82) is 0 Å². The maximum absolute atomic E-state index is 11.6. The Balaban J connectivity index is 1.97. The van der Waals surface area contributed by atoms with E-state index in [-0.39, 0.29) is 5.78 Å². The lowest BCUT2D eigenvalue weighted by atomic mass is 10.1. The number of carbonyl (C=O) groups is 2. The quantitative estimate of drug-likeness (QED) is 0.854. The van der Waals surface area contributed by atoms with Gasteiger partial charge >= 0.3 is 6.09 Å². The summed E-state index contributed by atoms with van der Waals surface area (Å²) in [5, 5.41) is 2.60. The van der Waals surface area contributed by atoms with Crippen molar-refractivity contribution in [3.05, 3.63) is 60.2 Å². The van der Waals surface area contributed by atoms with Crippen molar-refractivity contribution in [2.45, 2.75) is 6.92 Å². The Bertz CT molecular complexity index is 576. The molecule has 1 N–H and O–H groups in total. The molecule has 0 fully saturated rings. The summed E-state index contributed by atoms with van der Waals surface area (Å²) in [6.45, 7) is 1.48. The second-order valence-corrected chi connectivity index (χ2v) is 3.96. The number of anilines is 1. The van der Waals surface area contributed by atoms with Crippen LogP contribution in [-0.2, 0) is 0 Å². The number of hydrogen-bond donors (Lipinski definition) is 1. The van der Waals surface area contributed by atoms with Gasteiger partial charge in [-0.15, -0.1) is 0 Å². The zero-order valence-electron chi connectivity index (χ0n) is 10.4. The average molecular weight is 255 g/mol. The van der Waals surface area contributed by atoms with Gasteiger partial charge < -0.3 is 4.74 Å². The summed E-state index contributed by atoms with van der Waals surface area (Å²) in [5.41, 5.74) is 1.24. The molecule has 0 unspecified atom stereocenters. The summed E-state index contributed by atoms with van der Waals surface area (Å²) < 4.78 is 5.09. The number of para-hydroxylation sites is 1. The van der Waals surface area contributed by atoms with E-state index in [9.17, 15) is 9.59 Å². The smallest absolute Gasteiger partial charge is 0.410 e. The maximum Gasteiger partial charge on any atom is 0.417 e. The number of Topliss-reactive ketones (excluding diaryl/α,β-unsaturated/α-hetero) is 1. The van der Waals surface area contributed by atoms with Gasteiger partial charge in [0.1, 0.15) is 5.75 Å². The van der Waals surface area contributed by atoms with Crippen molar-refractivity contribution in [1.82, 2.24) is 0 Å². The molecule has 0 radical (unpaired) electrons. The molecule has 0 bridgehead atoms. The molecule has 0 atom stereocenters. The normalized spacial score (nSPS) is 9.74. The lowest BCUT2D eigenvalue weighted by Gasteiger charge is -2.06. The number of carbonyl (C=O) groups excluding carboxylic acids is 2. The van der Waals surface area contributed by atoms with Gasteiger partial charge in [-0.25, -0.2) is 4.79 Å². The van der Waals surface area contributed by atoms with Crippen LogP contribution in [-0.4, -0.2) is 11.9 Å². The van der Waals surface area contributed by atoms with Crippen LogP contribution in [0, 0.1) is 0 Å². The Hall–Kier alpha value is -2.62. The van der Waals surface area contributed by atoms with Crippen molar-refractivity contribution in [2.75, 3.05) is 5.32 Å². The van der Waals surface area contributed by atoms with E-state index in [0.29, 0.717) is 17.0 Å². The van der Waals surface area contributed by atoms with Gasteiger partial charge in [-0.2, -0.15) is 0 Å². The van der Waals surface area contributed by atoms with Crippen LogP contribution < -0.4 is 10.1 Å². The van der Waals surface area contributed by atoms with E-state index in [4.69, 9.17) is 4.74 Å². The third-order valence-corrected chi connectivity index (χ3v) is 2.49. The molecule has 0 aliphatic carbocycles. The van der Waals surface area contributed by atoms with Crippen molar-refractivity contribution < 1.29 is 14.3 Å². The van der Waals surface area contributed by atoms with Gasteiger partial charge in [0.05, 0.1) is 0 Å². The molecule has 0 saturated heterocycles. The largest absolute Gasteiger partial charge is 0.417 e. The van der Waals surface area contributed by atoms with Crippen LogP contribution >= 0.6 is 0 Å². The standard InChI is InChI=1S/C15H13NO3/c1-11(17)12-7-9-14(10-8-12)19-15(18)16-13-5-3-2-4-6-13/h2-10H,1H3,(H,16,18). The predicted molar refractivity (Wildman–Crippen MR) is 72.5 cm³/mol. The third kappa shape index (κ3) is 3.67. The number of hydrogen-bond acceptors (Lipinski definition) is 3. The van der Waals surface area contributed by atoms with Gasteiger partial charge in [0.2, 0.25) is 0 Å². The summed E-state index contributed by atoms with van der Waals surface area (Å²) in [6, 6.07) is 15.4. The second kappa shape index (κ2) is 5.82. The molecular weight excluding hydrogens is 242 g/mol. The fourth-order valence-corrected chi connectivity index (χ4v) is 1.53. The molecule has 0 aromatic heterocycles. The fourth-order valence-electron chi connectivity index (χ4n) is 1.53. The van der Waals surface area contributed by atoms with Crippen molar-refractivity contribution in [3.63, 3.8) is 0 Å². The van der Waals surface area contributed by atoms with Crippen LogP contribution in [0.25, 0.3) is 0 Å². The third-order valence-electron chi connectivity index (χ3n) is 2.49. The first-order valence-corrected chi connectivity index (χ1v) is 5.80. The highest BCUT2D eigenvalue weighted by Gasteiger charge is 2.05.